The van der Waals surface area contributed by atoms with E-state index in [1.165, 1.54) is 19.3 Å². The topological polar surface area (TPSA) is 115 Å². The van der Waals surface area contributed by atoms with Crippen LogP contribution in [0.3, 0.4) is 0 Å². The monoisotopic (exact) mass is 518 g/mol. The van der Waals surface area contributed by atoms with E-state index in [4.69, 9.17) is 4.74 Å². The van der Waals surface area contributed by atoms with Crippen molar-refractivity contribution < 1.29 is 14.6 Å². The number of nitrogens with zero attached hydrogens (tertiary/aromatic N) is 3. The van der Waals surface area contributed by atoms with Gasteiger partial charge in [-0.3, -0.25) is 20.0 Å². The third-order valence-corrected chi connectivity index (χ3v) is 6.44. The van der Waals surface area contributed by atoms with Gasteiger partial charge in [-0.1, -0.05) is 42.8 Å². The number of aliphatic imine (C=N–C) groups is 1. The zero-order valence-corrected chi connectivity index (χ0v) is 21.8. The summed E-state index contributed by atoms with van der Waals surface area (Å²) in [6.07, 6.45) is 8.04. The van der Waals surface area contributed by atoms with Crippen LogP contribution in [0, 0.1) is 0 Å². The maximum atomic E-state index is 12.7. The van der Waals surface area contributed by atoms with E-state index in [0.29, 0.717) is 18.1 Å². The predicted octanol–water partition coefficient (Wildman–Crippen LogP) is 3.14. The number of aliphatic hydroxyl groups is 1. The summed E-state index contributed by atoms with van der Waals surface area (Å²) in [7, 11) is 0. The number of aliphatic hydroxyl groups excluding tert-OH is 1. The Morgan fingerprint density at radius 2 is 1.89 bits per heavy atom. The molecule has 9 nitrogen and oxygen atoms in total. The average Bonchev–Trinajstić information content (AvgIpc) is 3.48. The van der Waals surface area contributed by atoms with Crippen LogP contribution in [0.15, 0.2) is 72.1 Å². The summed E-state index contributed by atoms with van der Waals surface area (Å²) in [5, 5.41) is 16.7. The van der Waals surface area contributed by atoms with Gasteiger partial charge in [0.15, 0.2) is 5.96 Å². The van der Waals surface area contributed by atoms with E-state index in [1.54, 1.807) is 24.7 Å². The lowest BCUT2D eigenvalue weighted by Gasteiger charge is -2.27. The van der Waals surface area contributed by atoms with Crippen LogP contribution >= 0.6 is 0 Å². The van der Waals surface area contributed by atoms with E-state index in [9.17, 15) is 9.90 Å². The summed E-state index contributed by atoms with van der Waals surface area (Å²) >= 11 is 0. The van der Waals surface area contributed by atoms with Crippen LogP contribution in [0.2, 0.25) is 0 Å². The van der Waals surface area contributed by atoms with Crippen molar-refractivity contribution in [2.45, 2.75) is 44.8 Å². The van der Waals surface area contributed by atoms with Crippen LogP contribution in [-0.4, -0.2) is 70.7 Å². The third-order valence-electron chi connectivity index (χ3n) is 6.44. The molecule has 2 aromatic carbocycles. The van der Waals surface area contributed by atoms with Gasteiger partial charge in [-0.15, -0.1) is 0 Å². The molecule has 1 atom stereocenters. The number of carbonyl (C=O) groups is 1. The molecule has 0 saturated carbocycles. The molecule has 0 spiro atoms. The lowest BCUT2D eigenvalue weighted by atomic mass is 10.1. The highest BCUT2D eigenvalue weighted by Gasteiger charge is 2.15. The Bertz CT molecular complexity index is 1130. The molecule has 202 valence electrons. The highest BCUT2D eigenvalue weighted by atomic mass is 16.5. The molecule has 38 heavy (non-hydrogen) atoms. The number of carbonyl (C=O) groups excluding carboxylic acids is 1. The number of aromatic nitrogens is 2. The van der Waals surface area contributed by atoms with E-state index < -0.39 is 6.10 Å². The molecule has 0 radical (unpaired) electrons. The summed E-state index contributed by atoms with van der Waals surface area (Å²) in [6.45, 7) is 3.87. The van der Waals surface area contributed by atoms with Gasteiger partial charge in [-0.25, -0.2) is 4.98 Å². The molecule has 1 aromatic heterocycles. The lowest BCUT2D eigenvalue weighted by molar-refractivity contribution is 0.0974. The molecule has 1 unspecified atom stereocenters. The number of aryl methyl sites for hydroxylation is 1. The first kappa shape index (κ1) is 27.3. The number of likely N-dealkylation sites (tertiary alicyclic amines) is 1. The van der Waals surface area contributed by atoms with Crippen molar-refractivity contribution in [1.29, 1.82) is 0 Å². The molecule has 1 fully saturated rings. The fourth-order valence-electron chi connectivity index (χ4n) is 4.38. The van der Waals surface area contributed by atoms with E-state index in [-0.39, 0.29) is 19.1 Å². The third kappa shape index (κ3) is 9.00. The van der Waals surface area contributed by atoms with Crippen molar-refractivity contribution in [3.8, 4) is 5.75 Å². The molecule has 1 aliphatic heterocycles. The number of ether oxygens (including phenoxy) is 1. The Morgan fingerprint density at radius 3 is 2.68 bits per heavy atom. The molecule has 4 rings (SSSR count). The van der Waals surface area contributed by atoms with Gasteiger partial charge in [0.25, 0.3) is 5.91 Å². The zero-order chi connectivity index (χ0) is 26.4. The normalized spacial score (nSPS) is 15.1. The molecular weight excluding hydrogens is 480 g/mol. The van der Waals surface area contributed by atoms with Crippen LogP contribution < -0.4 is 15.4 Å². The van der Waals surface area contributed by atoms with Gasteiger partial charge in [-0.05, 0) is 57.0 Å². The number of piperidine rings is 1. The largest absolute Gasteiger partial charge is 0.490 e. The van der Waals surface area contributed by atoms with Crippen LogP contribution in [0.4, 0.5) is 0 Å². The summed E-state index contributed by atoms with van der Waals surface area (Å²) in [5.41, 5.74) is 2.71. The number of imidazole rings is 1. The van der Waals surface area contributed by atoms with E-state index in [1.807, 2.05) is 36.4 Å². The number of H-pyrrole nitrogens is 1. The Labute approximate surface area is 224 Å². The second-order valence-corrected chi connectivity index (χ2v) is 9.53. The second-order valence-electron chi connectivity index (χ2n) is 9.53. The molecule has 4 N–H and O–H groups in total. The van der Waals surface area contributed by atoms with Gasteiger partial charge in [0.1, 0.15) is 18.5 Å². The predicted molar refractivity (Wildman–Crippen MR) is 148 cm³/mol. The SMILES string of the molecule is O=C(NC(=NCC(O)COc1ccccc1CN1CCCCC1)NCCCc1cnc[nH]1)c1ccccc1. The summed E-state index contributed by atoms with van der Waals surface area (Å²) in [6, 6.07) is 17.0. The van der Waals surface area contributed by atoms with Gasteiger partial charge in [-0.2, -0.15) is 0 Å². The van der Waals surface area contributed by atoms with Crippen LogP contribution in [0.25, 0.3) is 0 Å². The first-order valence-corrected chi connectivity index (χ1v) is 13.4. The first-order valence-electron chi connectivity index (χ1n) is 13.4. The number of hydrogen-bond donors (Lipinski definition) is 4. The van der Waals surface area contributed by atoms with Crippen molar-refractivity contribution in [3.05, 3.63) is 83.9 Å². The van der Waals surface area contributed by atoms with Crippen molar-refractivity contribution in [2.24, 2.45) is 4.99 Å². The van der Waals surface area contributed by atoms with Gasteiger partial charge in [0.2, 0.25) is 0 Å². The van der Waals surface area contributed by atoms with Crippen molar-refractivity contribution in [2.75, 3.05) is 32.8 Å². The van der Waals surface area contributed by atoms with Gasteiger partial charge >= 0.3 is 0 Å². The highest BCUT2D eigenvalue weighted by molar-refractivity contribution is 6.05. The minimum Gasteiger partial charge on any atom is -0.490 e. The fraction of sp³-hybridized carbons (Fsp3) is 0.414. The number of benzene rings is 2. The quantitative estimate of drug-likeness (QED) is 0.166. The van der Waals surface area contributed by atoms with Gasteiger partial charge in [0, 0.05) is 36.1 Å². The molecule has 9 heteroatoms. The smallest absolute Gasteiger partial charge is 0.257 e. The van der Waals surface area contributed by atoms with Crippen LogP contribution in [-0.2, 0) is 13.0 Å². The number of amides is 1. The number of nitrogens with one attached hydrogen (secondary N) is 3. The molecular formula is C29H38N6O3. The van der Waals surface area contributed by atoms with E-state index >= 15 is 0 Å². The molecule has 0 aliphatic carbocycles. The summed E-state index contributed by atoms with van der Waals surface area (Å²) < 4.78 is 6.00. The van der Waals surface area contributed by atoms with E-state index in [2.05, 4.69) is 36.6 Å². The molecule has 0 bridgehead atoms. The highest BCUT2D eigenvalue weighted by Crippen LogP contribution is 2.22. The Kier molecular flexibility index (Phi) is 10.7. The van der Waals surface area contributed by atoms with Gasteiger partial charge < -0.3 is 20.1 Å². The van der Waals surface area contributed by atoms with Crippen LogP contribution in [0.5, 0.6) is 5.75 Å². The Balaban J connectivity index is 1.31. The molecule has 3 aromatic rings. The zero-order valence-electron chi connectivity index (χ0n) is 21.8. The molecule has 1 saturated heterocycles. The number of aromatic amines is 1. The molecule has 1 amide bonds. The van der Waals surface area contributed by atoms with Gasteiger partial charge in [0.05, 0.1) is 12.9 Å². The van der Waals surface area contributed by atoms with Crippen molar-refractivity contribution in [1.82, 2.24) is 25.5 Å². The fourth-order valence-corrected chi connectivity index (χ4v) is 4.38. The minimum atomic E-state index is -0.825. The summed E-state index contributed by atoms with van der Waals surface area (Å²) in [4.78, 5) is 26.7. The second kappa shape index (κ2) is 14.9. The summed E-state index contributed by atoms with van der Waals surface area (Å²) in [5.74, 6) is 0.853. The standard InChI is InChI=1S/C29H38N6O3/c36-26(21-38-27-14-6-5-12-24(27)20-35-16-7-2-8-17-35)19-32-29(31-15-9-13-25-18-30-22-33-25)34-28(37)23-10-3-1-4-11-23/h1,3-6,10-12,14,18,22,26,36H,2,7-9,13,15-17,19-21H2,(H,30,33)(H2,31,32,34,37). The van der Waals surface area contributed by atoms with E-state index in [0.717, 1.165) is 49.5 Å². The number of rotatable bonds is 12. The van der Waals surface area contributed by atoms with Crippen molar-refractivity contribution >= 4 is 11.9 Å². The number of guanidine groups is 1. The van der Waals surface area contributed by atoms with Crippen molar-refractivity contribution in [3.63, 3.8) is 0 Å². The molecule has 1 aliphatic rings. The maximum Gasteiger partial charge on any atom is 0.257 e. The first-order chi connectivity index (χ1) is 18.7. The number of para-hydroxylation sites is 1. The molecule has 2 heterocycles. The lowest BCUT2D eigenvalue weighted by Crippen LogP contribution is -2.42. The Hall–Kier alpha value is -3.69. The number of hydrogen-bond acceptors (Lipinski definition) is 6. The average molecular weight is 519 g/mol. The maximum absolute atomic E-state index is 12.7. The van der Waals surface area contributed by atoms with Crippen LogP contribution in [0.1, 0.15) is 47.3 Å². The Morgan fingerprint density at radius 1 is 1.11 bits per heavy atom. The minimum absolute atomic E-state index is 0.0895.